The normalized spacial score (nSPS) is 22.4. The molecule has 1 fully saturated rings. The van der Waals surface area contributed by atoms with Crippen molar-refractivity contribution in [2.45, 2.75) is 18.9 Å². The minimum absolute atomic E-state index is 0.00711. The lowest BCUT2D eigenvalue weighted by atomic mass is 10.2. The Morgan fingerprint density at radius 1 is 1.62 bits per heavy atom. The Labute approximate surface area is 82.5 Å². The monoisotopic (exact) mass is 204 g/mol. The summed E-state index contributed by atoms with van der Waals surface area (Å²) in [5.74, 6) is 2.21. The average Bonchev–Trinajstić information content (AvgIpc) is 2.16. The maximum absolute atomic E-state index is 11.1. The molecule has 1 saturated heterocycles. The Bertz CT molecular complexity index is 160. The minimum Gasteiger partial charge on any atom is -0.395 e. The first kappa shape index (κ1) is 10.7. The molecular formula is C8H16N2O2S. The SMILES string of the molecule is O=C(NCCO)NC1CCCSC1. The fourth-order valence-electron chi connectivity index (χ4n) is 1.26. The zero-order valence-electron chi connectivity index (χ0n) is 7.58. The van der Waals surface area contributed by atoms with Crippen molar-refractivity contribution in [2.24, 2.45) is 0 Å². The first-order chi connectivity index (χ1) is 6.33. The van der Waals surface area contributed by atoms with E-state index in [1.165, 1.54) is 12.2 Å². The third kappa shape index (κ3) is 4.38. The molecule has 0 radical (unpaired) electrons. The largest absolute Gasteiger partial charge is 0.395 e. The van der Waals surface area contributed by atoms with E-state index in [-0.39, 0.29) is 12.6 Å². The van der Waals surface area contributed by atoms with Gasteiger partial charge in [-0.15, -0.1) is 0 Å². The summed E-state index contributed by atoms with van der Waals surface area (Å²) in [4.78, 5) is 11.1. The van der Waals surface area contributed by atoms with Crippen LogP contribution in [0.25, 0.3) is 0 Å². The van der Waals surface area contributed by atoms with Crippen molar-refractivity contribution in [1.29, 1.82) is 0 Å². The zero-order chi connectivity index (χ0) is 9.52. The number of carbonyl (C=O) groups excluding carboxylic acids is 1. The lowest BCUT2D eigenvalue weighted by Gasteiger charge is -2.22. The standard InChI is InChI=1S/C8H16N2O2S/c11-4-3-9-8(12)10-7-2-1-5-13-6-7/h7,11H,1-6H2,(H2,9,10,12). The molecule has 0 aliphatic carbocycles. The van der Waals surface area contributed by atoms with Crippen LogP contribution < -0.4 is 10.6 Å². The first-order valence-corrected chi connectivity index (χ1v) is 5.71. The van der Waals surface area contributed by atoms with Gasteiger partial charge in [0, 0.05) is 18.3 Å². The lowest BCUT2D eigenvalue weighted by Crippen LogP contribution is -2.45. The third-order valence-corrected chi connectivity index (χ3v) is 3.11. The number of rotatable bonds is 3. The molecule has 1 aliphatic heterocycles. The van der Waals surface area contributed by atoms with Gasteiger partial charge in [0.1, 0.15) is 0 Å². The van der Waals surface area contributed by atoms with E-state index in [1.807, 2.05) is 11.8 Å². The second-order valence-electron chi connectivity index (χ2n) is 3.04. The minimum atomic E-state index is -0.165. The number of urea groups is 1. The number of hydrogen-bond acceptors (Lipinski definition) is 3. The van der Waals surface area contributed by atoms with E-state index in [9.17, 15) is 4.79 Å². The number of hydrogen-bond donors (Lipinski definition) is 3. The Morgan fingerprint density at radius 3 is 3.08 bits per heavy atom. The molecule has 5 heteroatoms. The molecule has 0 aromatic carbocycles. The van der Waals surface area contributed by atoms with E-state index in [0.29, 0.717) is 12.6 Å². The van der Waals surface area contributed by atoms with Crippen LogP contribution in [0.15, 0.2) is 0 Å². The number of carbonyl (C=O) groups is 1. The molecule has 3 N–H and O–H groups in total. The van der Waals surface area contributed by atoms with Crippen LogP contribution in [0.1, 0.15) is 12.8 Å². The second-order valence-corrected chi connectivity index (χ2v) is 4.19. The smallest absolute Gasteiger partial charge is 0.315 e. The van der Waals surface area contributed by atoms with Crippen LogP contribution in [0.3, 0.4) is 0 Å². The summed E-state index contributed by atoms with van der Waals surface area (Å²) in [6.07, 6.45) is 2.25. The molecule has 4 nitrogen and oxygen atoms in total. The van der Waals surface area contributed by atoms with Gasteiger partial charge >= 0.3 is 6.03 Å². The summed E-state index contributed by atoms with van der Waals surface area (Å²) in [6, 6.07) is 0.138. The van der Waals surface area contributed by atoms with Gasteiger partial charge in [-0.25, -0.2) is 4.79 Å². The van der Waals surface area contributed by atoms with Gasteiger partial charge in [0.15, 0.2) is 0 Å². The molecule has 76 valence electrons. The number of aliphatic hydroxyl groups is 1. The molecule has 1 unspecified atom stereocenters. The highest BCUT2D eigenvalue weighted by Crippen LogP contribution is 2.16. The molecule has 0 bridgehead atoms. The highest BCUT2D eigenvalue weighted by Gasteiger charge is 2.15. The molecule has 0 spiro atoms. The highest BCUT2D eigenvalue weighted by molar-refractivity contribution is 7.99. The predicted octanol–water partition coefficient (Wildman–Crippen LogP) is 0.173. The molecule has 1 aliphatic rings. The number of nitrogens with one attached hydrogen (secondary N) is 2. The molecule has 0 aromatic rings. The summed E-state index contributed by atoms with van der Waals surface area (Å²) in [6.45, 7) is 0.318. The molecule has 13 heavy (non-hydrogen) atoms. The van der Waals surface area contributed by atoms with Crippen molar-refractivity contribution < 1.29 is 9.90 Å². The van der Waals surface area contributed by atoms with E-state index in [1.54, 1.807) is 0 Å². The quantitative estimate of drug-likeness (QED) is 0.614. The van der Waals surface area contributed by atoms with Gasteiger partial charge in [0.2, 0.25) is 0 Å². The molecule has 0 aromatic heterocycles. The third-order valence-electron chi connectivity index (χ3n) is 1.89. The maximum atomic E-state index is 11.1. The Hall–Kier alpha value is -0.420. The zero-order valence-corrected chi connectivity index (χ0v) is 8.40. The lowest BCUT2D eigenvalue weighted by molar-refractivity contribution is 0.231. The maximum Gasteiger partial charge on any atom is 0.315 e. The van der Waals surface area contributed by atoms with Crippen molar-refractivity contribution in [1.82, 2.24) is 10.6 Å². The number of amides is 2. The van der Waals surface area contributed by atoms with Crippen LogP contribution in [0.2, 0.25) is 0 Å². The van der Waals surface area contributed by atoms with Crippen LogP contribution in [0.5, 0.6) is 0 Å². The van der Waals surface area contributed by atoms with Crippen LogP contribution in [-0.4, -0.2) is 41.8 Å². The summed E-state index contributed by atoms with van der Waals surface area (Å²) in [5, 5.41) is 13.9. The predicted molar refractivity (Wildman–Crippen MR) is 54.0 cm³/mol. The first-order valence-electron chi connectivity index (χ1n) is 4.56. The number of aliphatic hydroxyl groups excluding tert-OH is 1. The van der Waals surface area contributed by atoms with E-state index in [0.717, 1.165) is 12.2 Å². The van der Waals surface area contributed by atoms with E-state index in [4.69, 9.17) is 5.11 Å². The Kier molecular flexibility index (Phi) is 5.00. The van der Waals surface area contributed by atoms with Crippen molar-refractivity contribution in [3.05, 3.63) is 0 Å². The average molecular weight is 204 g/mol. The molecule has 1 rings (SSSR count). The topological polar surface area (TPSA) is 61.4 Å². The summed E-state index contributed by atoms with van der Waals surface area (Å²) in [7, 11) is 0. The Morgan fingerprint density at radius 2 is 2.46 bits per heavy atom. The van der Waals surface area contributed by atoms with Gasteiger partial charge in [-0.3, -0.25) is 0 Å². The Balaban J connectivity index is 2.11. The van der Waals surface area contributed by atoms with Crippen molar-refractivity contribution >= 4 is 17.8 Å². The summed E-state index contributed by atoms with van der Waals surface area (Å²) >= 11 is 1.88. The van der Waals surface area contributed by atoms with Crippen LogP contribution >= 0.6 is 11.8 Å². The second kappa shape index (κ2) is 6.10. The highest BCUT2D eigenvalue weighted by atomic mass is 32.2. The summed E-state index contributed by atoms with van der Waals surface area (Å²) in [5.41, 5.74) is 0. The van der Waals surface area contributed by atoms with Gasteiger partial charge in [-0.2, -0.15) is 11.8 Å². The molecule has 2 amide bonds. The van der Waals surface area contributed by atoms with E-state index < -0.39 is 0 Å². The van der Waals surface area contributed by atoms with Gasteiger partial charge < -0.3 is 15.7 Å². The van der Waals surface area contributed by atoms with Gasteiger partial charge in [-0.1, -0.05) is 0 Å². The molecule has 1 atom stereocenters. The summed E-state index contributed by atoms with van der Waals surface area (Å²) < 4.78 is 0. The molecular weight excluding hydrogens is 188 g/mol. The van der Waals surface area contributed by atoms with Crippen molar-refractivity contribution in [2.75, 3.05) is 24.7 Å². The fraction of sp³-hybridized carbons (Fsp3) is 0.875. The number of thioether (sulfide) groups is 1. The van der Waals surface area contributed by atoms with Crippen molar-refractivity contribution in [3.63, 3.8) is 0 Å². The van der Waals surface area contributed by atoms with E-state index >= 15 is 0 Å². The van der Waals surface area contributed by atoms with Crippen LogP contribution in [0.4, 0.5) is 4.79 Å². The van der Waals surface area contributed by atoms with Crippen LogP contribution in [-0.2, 0) is 0 Å². The van der Waals surface area contributed by atoms with E-state index in [2.05, 4.69) is 10.6 Å². The van der Waals surface area contributed by atoms with Gasteiger partial charge in [0.25, 0.3) is 0 Å². The van der Waals surface area contributed by atoms with Crippen LogP contribution in [0, 0.1) is 0 Å². The fourth-order valence-corrected chi connectivity index (χ4v) is 2.33. The van der Waals surface area contributed by atoms with Gasteiger partial charge in [0.05, 0.1) is 6.61 Å². The van der Waals surface area contributed by atoms with Gasteiger partial charge in [-0.05, 0) is 18.6 Å². The molecule has 0 saturated carbocycles. The molecule has 1 heterocycles. The van der Waals surface area contributed by atoms with Crippen molar-refractivity contribution in [3.8, 4) is 0 Å².